The largest absolute Gasteiger partial charge is 0.456 e. The minimum Gasteiger partial charge on any atom is -0.386 e. The van der Waals surface area contributed by atoms with Crippen molar-refractivity contribution in [3.8, 4) is 0 Å². The van der Waals surface area contributed by atoms with E-state index in [1.165, 1.54) is 6.07 Å². The molecule has 3 heterocycles. The van der Waals surface area contributed by atoms with Crippen LogP contribution in [0.2, 0.25) is 0 Å². The first-order chi connectivity index (χ1) is 16.2. The number of fused-ring (bicyclic) bond motifs is 2. The Morgan fingerprint density at radius 2 is 1.71 bits per heavy atom. The minimum absolute atomic E-state index is 0.111. The topological polar surface area (TPSA) is 65.8 Å². The molecule has 0 saturated carbocycles. The number of Topliss-reactive ketones (excluding diaryl/α,β-unsaturated/α-hetero) is 1. The van der Waals surface area contributed by atoms with E-state index in [9.17, 15) is 27.9 Å². The van der Waals surface area contributed by atoms with Gasteiger partial charge in [-0.05, 0) is 83.0 Å². The van der Waals surface area contributed by atoms with Crippen molar-refractivity contribution in [2.75, 3.05) is 26.7 Å². The van der Waals surface area contributed by atoms with Gasteiger partial charge < -0.3 is 14.6 Å². The molecule has 0 bridgehead atoms. The van der Waals surface area contributed by atoms with Crippen molar-refractivity contribution in [2.45, 2.75) is 63.9 Å². The van der Waals surface area contributed by atoms with Gasteiger partial charge in [0, 0.05) is 36.9 Å². The summed E-state index contributed by atoms with van der Waals surface area (Å²) in [6, 6.07) is 7.93. The lowest BCUT2D eigenvalue weighted by Gasteiger charge is -2.52. The second-order valence-corrected chi connectivity index (χ2v) is 10.4. The first kappa shape index (κ1) is 25.4. The molecule has 1 spiro atoms. The number of hydrogen-bond donors (Lipinski definition) is 1. The van der Waals surface area contributed by atoms with E-state index in [1.54, 1.807) is 47.6 Å². The molecule has 0 radical (unpaired) electrons. The number of aromatic nitrogens is 1. The highest BCUT2D eigenvalue weighted by Crippen LogP contribution is 2.44. The number of alkyl halides is 3. The quantitative estimate of drug-likeness (QED) is 0.647. The average molecular weight is 492 g/mol. The summed E-state index contributed by atoms with van der Waals surface area (Å²) in [7, 11) is 1.95. The van der Waals surface area contributed by atoms with E-state index in [4.69, 9.17) is 0 Å². The number of benzene rings is 1. The third-order valence-corrected chi connectivity index (χ3v) is 7.60. The number of piperidine rings is 1. The fraction of sp³-hybridized carbons (Fsp3) is 0.538. The number of halogens is 3. The maximum atomic E-state index is 13.2. The van der Waals surface area contributed by atoms with Crippen LogP contribution in [0.25, 0.3) is 0 Å². The first-order valence-corrected chi connectivity index (χ1v) is 11.8. The molecule has 1 aromatic carbocycles. The van der Waals surface area contributed by atoms with Crippen molar-refractivity contribution >= 4 is 11.7 Å². The fourth-order valence-corrected chi connectivity index (χ4v) is 5.86. The van der Waals surface area contributed by atoms with Gasteiger partial charge in [0.1, 0.15) is 0 Å². The Morgan fingerprint density at radius 1 is 1.09 bits per heavy atom. The van der Waals surface area contributed by atoms with Crippen molar-refractivity contribution in [3.63, 3.8) is 0 Å². The second kappa shape index (κ2) is 8.48. The number of aliphatic hydroxyl groups is 1. The molecule has 1 atom stereocenters. The molecule has 9 heteroatoms. The number of likely N-dealkylation sites (N-methyl/N-ethyl adjacent to an activating group) is 1. The van der Waals surface area contributed by atoms with E-state index < -0.39 is 23.1 Å². The summed E-state index contributed by atoms with van der Waals surface area (Å²) in [5.41, 5.74) is 0.948. The molecule has 1 N–H and O–H groups in total. The lowest BCUT2D eigenvalue weighted by atomic mass is 9.80. The molecule has 1 unspecified atom stereocenters. The zero-order valence-electron chi connectivity index (χ0n) is 20.7. The van der Waals surface area contributed by atoms with Crippen molar-refractivity contribution in [1.29, 1.82) is 0 Å². The van der Waals surface area contributed by atoms with Gasteiger partial charge >= 0.3 is 6.18 Å². The van der Waals surface area contributed by atoms with Gasteiger partial charge in [-0.25, -0.2) is 0 Å². The second-order valence-electron chi connectivity index (χ2n) is 10.4. The lowest BCUT2D eigenvalue weighted by Crippen LogP contribution is -2.57. The van der Waals surface area contributed by atoms with Crippen LogP contribution in [-0.2, 0) is 11.1 Å². The Hall–Kier alpha value is -2.65. The van der Waals surface area contributed by atoms with Crippen LogP contribution in [0, 0.1) is 6.92 Å². The molecular formula is C26H32F3N3O3. The fourth-order valence-electron chi connectivity index (χ4n) is 5.86. The number of amides is 1. The zero-order chi connectivity index (χ0) is 25.9. The van der Waals surface area contributed by atoms with Crippen LogP contribution in [0.15, 0.2) is 30.3 Å². The maximum absolute atomic E-state index is 13.2. The molecule has 4 rings (SSSR count). The summed E-state index contributed by atoms with van der Waals surface area (Å²) in [6.07, 6.45) is -3.83. The molecule has 6 nitrogen and oxygen atoms in total. The molecule has 190 valence electrons. The third-order valence-electron chi connectivity index (χ3n) is 7.60. The summed E-state index contributed by atoms with van der Waals surface area (Å²) in [5.74, 6) is -1.94. The number of ketones is 1. The molecule has 2 aliphatic rings. The number of rotatable bonds is 3. The highest BCUT2D eigenvalue weighted by Gasteiger charge is 2.49. The van der Waals surface area contributed by atoms with Gasteiger partial charge in [-0.1, -0.05) is 6.07 Å². The number of nitrogens with zero attached hydrogens (tertiary/aromatic N) is 3. The number of carbonyl (C=O) groups is 2. The summed E-state index contributed by atoms with van der Waals surface area (Å²) in [6.45, 7) is 8.47. The summed E-state index contributed by atoms with van der Waals surface area (Å²) in [5, 5.41) is 10.3. The number of hydrogen-bond acceptors (Lipinski definition) is 4. The molecule has 35 heavy (non-hydrogen) atoms. The highest BCUT2D eigenvalue weighted by atomic mass is 19.4. The van der Waals surface area contributed by atoms with Gasteiger partial charge in [0.05, 0.1) is 16.8 Å². The van der Waals surface area contributed by atoms with Crippen LogP contribution in [0.1, 0.15) is 77.3 Å². The summed E-state index contributed by atoms with van der Waals surface area (Å²) >= 11 is 0. The van der Waals surface area contributed by atoms with Gasteiger partial charge in [-0.3, -0.25) is 14.5 Å². The monoisotopic (exact) mass is 491 g/mol. The normalized spacial score (nSPS) is 20.7. The summed E-state index contributed by atoms with van der Waals surface area (Å²) < 4.78 is 41.2. The number of aryl methyl sites for hydroxylation is 1. The van der Waals surface area contributed by atoms with Gasteiger partial charge in [0.2, 0.25) is 0 Å². The number of carbonyl (C=O) groups excluding carboxylic acids is 2. The van der Waals surface area contributed by atoms with Gasteiger partial charge in [0.25, 0.3) is 11.7 Å². The molecule has 2 aliphatic heterocycles. The molecular weight excluding hydrogens is 459 g/mol. The zero-order valence-corrected chi connectivity index (χ0v) is 20.7. The van der Waals surface area contributed by atoms with Crippen LogP contribution in [0.4, 0.5) is 13.2 Å². The Labute approximate surface area is 203 Å². The lowest BCUT2D eigenvalue weighted by molar-refractivity contribution is -0.0894. The third kappa shape index (κ3) is 4.29. The van der Waals surface area contributed by atoms with Gasteiger partial charge in [-0.2, -0.15) is 13.2 Å². The Bertz CT molecular complexity index is 1150. The molecule has 1 aromatic heterocycles. The van der Waals surface area contributed by atoms with Crippen molar-refractivity contribution in [1.82, 2.24) is 14.4 Å². The molecule has 1 amide bonds. The van der Waals surface area contributed by atoms with Crippen LogP contribution in [-0.4, -0.2) is 64.0 Å². The van der Waals surface area contributed by atoms with E-state index in [0.717, 1.165) is 11.1 Å². The van der Waals surface area contributed by atoms with Crippen LogP contribution in [0.5, 0.6) is 0 Å². The average Bonchev–Trinajstić information content (AvgIpc) is 3.22. The minimum atomic E-state index is -4.93. The Kier molecular flexibility index (Phi) is 6.17. The van der Waals surface area contributed by atoms with Gasteiger partial charge in [0.15, 0.2) is 0 Å². The molecule has 1 saturated heterocycles. The predicted molar refractivity (Wildman–Crippen MR) is 125 cm³/mol. The molecule has 1 fully saturated rings. The maximum Gasteiger partial charge on any atom is 0.456 e. The molecule has 0 aliphatic carbocycles. The van der Waals surface area contributed by atoms with Gasteiger partial charge in [-0.15, -0.1) is 0 Å². The molecule has 2 aromatic rings. The smallest absolute Gasteiger partial charge is 0.386 e. The van der Waals surface area contributed by atoms with E-state index in [-0.39, 0.29) is 17.6 Å². The van der Waals surface area contributed by atoms with Crippen LogP contribution in [0.3, 0.4) is 0 Å². The van der Waals surface area contributed by atoms with Crippen LogP contribution < -0.4 is 0 Å². The van der Waals surface area contributed by atoms with Crippen molar-refractivity contribution < 1.29 is 27.9 Å². The Morgan fingerprint density at radius 3 is 2.26 bits per heavy atom. The standard InChI is InChI=1S/C26H32F3N3O3/c1-16-14-18(6-7-19(16)24(3,4)35)23(34)31-12-10-25(11-13-31)21-9-8-20(22(33)26(27,28)29)32(21)17(2)15-30(25)5/h6-9,14,17,35H,10-13,15H2,1-5H3. The van der Waals surface area contributed by atoms with Crippen molar-refractivity contribution in [3.05, 3.63) is 58.4 Å². The van der Waals surface area contributed by atoms with Crippen molar-refractivity contribution in [2.24, 2.45) is 0 Å². The first-order valence-electron chi connectivity index (χ1n) is 11.8. The van der Waals surface area contributed by atoms with E-state index >= 15 is 0 Å². The number of likely N-dealkylation sites (tertiary alicyclic amines) is 1. The highest BCUT2D eigenvalue weighted by molar-refractivity contribution is 5.99. The SMILES string of the molecule is Cc1cc(C(=O)N2CCC3(CC2)c2ccc(C(=O)C(F)(F)F)n2C(C)CN3C)ccc1C(C)(C)O. The van der Waals surface area contributed by atoms with E-state index in [2.05, 4.69) is 4.90 Å². The van der Waals surface area contributed by atoms with Crippen LogP contribution >= 0.6 is 0 Å². The van der Waals surface area contributed by atoms with E-state index in [0.29, 0.717) is 43.7 Å². The predicted octanol–water partition coefficient (Wildman–Crippen LogP) is 4.41. The summed E-state index contributed by atoms with van der Waals surface area (Å²) in [4.78, 5) is 29.2. The Balaban J connectivity index is 1.59. The van der Waals surface area contributed by atoms with E-state index in [1.807, 2.05) is 20.9 Å².